The zero-order chi connectivity index (χ0) is 22.3. The zero-order valence-electron chi connectivity index (χ0n) is 18.8. The zero-order valence-corrected chi connectivity index (χ0v) is 18.8. The number of carbonyl (C=O) groups excluding carboxylic acids is 3. The highest BCUT2D eigenvalue weighted by Gasteiger charge is 2.24. The van der Waals surface area contributed by atoms with Gasteiger partial charge in [-0.15, -0.1) is 0 Å². The maximum absolute atomic E-state index is 12.7. The van der Waals surface area contributed by atoms with Crippen molar-refractivity contribution in [2.75, 3.05) is 19.6 Å². The Labute approximate surface area is 179 Å². The number of piperidine rings is 1. The van der Waals surface area contributed by atoms with Crippen LogP contribution in [0.25, 0.3) is 0 Å². The summed E-state index contributed by atoms with van der Waals surface area (Å²) in [6, 6.07) is 7.85. The number of hydrogen-bond acceptors (Lipinski definition) is 4. The first kappa shape index (κ1) is 23.7. The molecule has 1 heterocycles. The van der Waals surface area contributed by atoms with Crippen molar-refractivity contribution in [2.45, 2.75) is 71.4 Å². The third-order valence-corrected chi connectivity index (χ3v) is 4.99. The number of nitrogens with zero attached hydrogens (tertiary/aromatic N) is 1. The summed E-state index contributed by atoms with van der Waals surface area (Å²) >= 11 is 0. The first-order chi connectivity index (χ1) is 14.0. The average Bonchev–Trinajstić information content (AvgIpc) is 2.66. The van der Waals surface area contributed by atoms with Gasteiger partial charge in [-0.05, 0) is 57.2 Å². The smallest absolute Gasteiger partial charge is 0.407 e. The normalized spacial score (nSPS) is 15.1. The van der Waals surface area contributed by atoms with E-state index in [1.807, 2.05) is 29.2 Å². The molecule has 1 aromatic carbocycles. The number of ether oxygens (including phenoxy) is 1. The lowest BCUT2D eigenvalue weighted by Gasteiger charge is -2.32. The Morgan fingerprint density at radius 1 is 1.10 bits per heavy atom. The average molecular weight is 418 g/mol. The molecule has 0 unspecified atom stereocenters. The molecule has 1 aromatic rings. The Bertz CT molecular complexity index is 730. The van der Waals surface area contributed by atoms with Crippen molar-refractivity contribution in [1.29, 1.82) is 0 Å². The van der Waals surface area contributed by atoms with Gasteiger partial charge < -0.3 is 20.3 Å². The summed E-state index contributed by atoms with van der Waals surface area (Å²) in [6.45, 7) is 11.1. The number of nitrogens with one attached hydrogen (secondary N) is 2. The van der Waals surface area contributed by atoms with E-state index in [0.29, 0.717) is 24.6 Å². The summed E-state index contributed by atoms with van der Waals surface area (Å²) in [7, 11) is 0. The topological polar surface area (TPSA) is 87.7 Å². The fourth-order valence-electron chi connectivity index (χ4n) is 3.31. The summed E-state index contributed by atoms with van der Waals surface area (Å²) in [6.07, 6.45) is 1.12. The molecule has 7 nitrogen and oxygen atoms in total. The molecule has 3 amide bonds. The molecule has 1 saturated heterocycles. The Morgan fingerprint density at radius 3 is 2.23 bits per heavy atom. The summed E-state index contributed by atoms with van der Waals surface area (Å²) in [5.74, 6) is 0.365. The molecular formula is C23H35N3O4. The first-order valence-electron chi connectivity index (χ1n) is 10.7. The monoisotopic (exact) mass is 417 g/mol. The predicted octanol–water partition coefficient (Wildman–Crippen LogP) is 3.45. The van der Waals surface area contributed by atoms with Gasteiger partial charge >= 0.3 is 6.09 Å². The minimum atomic E-state index is -0.561. The lowest BCUT2D eigenvalue weighted by Crippen LogP contribution is -2.47. The van der Waals surface area contributed by atoms with Crippen molar-refractivity contribution in [2.24, 2.45) is 0 Å². The molecule has 7 heteroatoms. The van der Waals surface area contributed by atoms with E-state index < -0.39 is 11.7 Å². The molecule has 30 heavy (non-hydrogen) atoms. The number of likely N-dealkylation sites (tertiary alicyclic amines) is 1. The van der Waals surface area contributed by atoms with Gasteiger partial charge in [0.1, 0.15) is 5.60 Å². The number of alkyl carbamates (subject to hydrolysis) is 1. The van der Waals surface area contributed by atoms with Crippen LogP contribution in [0, 0.1) is 0 Å². The number of rotatable bonds is 6. The molecule has 1 fully saturated rings. The number of benzene rings is 1. The molecule has 0 saturated carbocycles. The maximum Gasteiger partial charge on any atom is 0.407 e. The van der Waals surface area contributed by atoms with E-state index >= 15 is 0 Å². The van der Waals surface area contributed by atoms with Crippen LogP contribution in [0.5, 0.6) is 0 Å². The molecule has 166 valence electrons. The van der Waals surface area contributed by atoms with Gasteiger partial charge in [0.15, 0.2) is 0 Å². The molecule has 0 atom stereocenters. The molecule has 1 aliphatic rings. The minimum absolute atomic E-state index is 0.0386. The Hall–Kier alpha value is -2.57. The molecular weight excluding hydrogens is 382 g/mol. The Kier molecular flexibility index (Phi) is 8.26. The van der Waals surface area contributed by atoms with Crippen LogP contribution in [0.4, 0.5) is 4.79 Å². The molecule has 2 N–H and O–H groups in total. The van der Waals surface area contributed by atoms with Crippen LogP contribution in [-0.4, -0.2) is 54.1 Å². The van der Waals surface area contributed by atoms with E-state index in [0.717, 1.165) is 12.8 Å². The minimum Gasteiger partial charge on any atom is -0.444 e. The van der Waals surface area contributed by atoms with Gasteiger partial charge in [0, 0.05) is 37.7 Å². The predicted molar refractivity (Wildman–Crippen MR) is 116 cm³/mol. The standard InChI is InChI=1S/C23H35N3O4/c1-16(2)17-6-8-18(9-7-17)21(28)26-14-11-19(12-15-26)25-20(27)10-13-24-22(29)30-23(3,4)5/h6-9,16,19H,10-15H2,1-5H3,(H,24,29)(H,25,27). The lowest BCUT2D eigenvalue weighted by molar-refractivity contribution is -0.121. The SMILES string of the molecule is CC(C)c1ccc(C(=O)N2CCC(NC(=O)CCNC(=O)OC(C)(C)C)CC2)cc1. The van der Waals surface area contributed by atoms with Gasteiger partial charge in [0.05, 0.1) is 0 Å². The van der Waals surface area contributed by atoms with E-state index in [4.69, 9.17) is 4.74 Å². The van der Waals surface area contributed by atoms with Crippen LogP contribution in [0.15, 0.2) is 24.3 Å². The second-order valence-corrected chi connectivity index (χ2v) is 9.09. The third-order valence-electron chi connectivity index (χ3n) is 4.99. The number of amides is 3. The number of carbonyl (C=O) groups is 3. The van der Waals surface area contributed by atoms with Crippen LogP contribution >= 0.6 is 0 Å². The lowest BCUT2D eigenvalue weighted by atomic mass is 10.0. The summed E-state index contributed by atoms with van der Waals surface area (Å²) in [5.41, 5.74) is 1.36. The molecule has 0 aliphatic carbocycles. The highest BCUT2D eigenvalue weighted by atomic mass is 16.6. The van der Waals surface area contributed by atoms with Crippen LogP contribution < -0.4 is 10.6 Å². The van der Waals surface area contributed by atoms with Crippen molar-refractivity contribution in [1.82, 2.24) is 15.5 Å². The van der Waals surface area contributed by atoms with Crippen LogP contribution in [-0.2, 0) is 9.53 Å². The van der Waals surface area contributed by atoms with Crippen molar-refractivity contribution < 1.29 is 19.1 Å². The molecule has 0 spiro atoms. The second kappa shape index (κ2) is 10.5. The van der Waals surface area contributed by atoms with Crippen molar-refractivity contribution >= 4 is 17.9 Å². The van der Waals surface area contributed by atoms with E-state index in [1.54, 1.807) is 20.8 Å². The Balaban J connectivity index is 1.70. The van der Waals surface area contributed by atoms with Gasteiger partial charge in [-0.3, -0.25) is 9.59 Å². The molecule has 1 aliphatic heterocycles. The van der Waals surface area contributed by atoms with Gasteiger partial charge in [-0.25, -0.2) is 4.79 Å². The second-order valence-electron chi connectivity index (χ2n) is 9.09. The Morgan fingerprint density at radius 2 is 1.70 bits per heavy atom. The van der Waals surface area contributed by atoms with Crippen molar-refractivity contribution in [3.8, 4) is 0 Å². The van der Waals surface area contributed by atoms with Crippen molar-refractivity contribution in [3.05, 3.63) is 35.4 Å². The quantitative estimate of drug-likeness (QED) is 0.742. The van der Waals surface area contributed by atoms with E-state index in [-0.39, 0.29) is 30.8 Å². The third kappa shape index (κ3) is 7.69. The summed E-state index contributed by atoms with van der Waals surface area (Å²) in [4.78, 5) is 38.3. The largest absolute Gasteiger partial charge is 0.444 e. The summed E-state index contributed by atoms with van der Waals surface area (Å²) < 4.78 is 5.14. The van der Waals surface area contributed by atoms with E-state index in [2.05, 4.69) is 24.5 Å². The highest BCUT2D eigenvalue weighted by molar-refractivity contribution is 5.94. The van der Waals surface area contributed by atoms with E-state index in [9.17, 15) is 14.4 Å². The fourth-order valence-corrected chi connectivity index (χ4v) is 3.31. The number of hydrogen-bond donors (Lipinski definition) is 2. The first-order valence-corrected chi connectivity index (χ1v) is 10.7. The van der Waals surface area contributed by atoms with Gasteiger partial charge in [-0.2, -0.15) is 0 Å². The molecule has 0 bridgehead atoms. The fraction of sp³-hybridized carbons (Fsp3) is 0.609. The molecule has 0 radical (unpaired) electrons. The molecule has 0 aromatic heterocycles. The maximum atomic E-state index is 12.7. The van der Waals surface area contributed by atoms with Gasteiger partial charge in [-0.1, -0.05) is 26.0 Å². The molecule has 2 rings (SSSR count). The van der Waals surface area contributed by atoms with E-state index in [1.165, 1.54) is 5.56 Å². The van der Waals surface area contributed by atoms with Crippen LogP contribution in [0.3, 0.4) is 0 Å². The summed E-state index contributed by atoms with van der Waals surface area (Å²) in [5, 5.41) is 5.57. The van der Waals surface area contributed by atoms with Gasteiger partial charge in [0.2, 0.25) is 5.91 Å². The highest BCUT2D eigenvalue weighted by Crippen LogP contribution is 2.18. The van der Waals surface area contributed by atoms with Crippen LogP contribution in [0.1, 0.15) is 75.7 Å². The van der Waals surface area contributed by atoms with Crippen molar-refractivity contribution in [3.63, 3.8) is 0 Å². The van der Waals surface area contributed by atoms with Crippen LogP contribution in [0.2, 0.25) is 0 Å². The van der Waals surface area contributed by atoms with Gasteiger partial charge in [0.25, 0.3) is 5.91 Å².